The molecule has 3 rings (SSSR count). The van der Waals surface area contributed by atoms with Gasteiger partial charge in [-0.1, -0.05) is 6.42 Å². The number of carbonyl (C=O) groups excluding carboxylic acids is 2. The Labute approximate surface area is 157 Å². The van der Waals surface area contributed by atoms with Crippen LogP contribution in [0.15, 0.2) is 0 Å². The third-order valence-electron chi connectivity index (χ3n) is 6.85. The molecule has 0 aromatic rings. The number of Topliss-reactive ketones (excluding diaryl/α,β-unsaturated/α-hetero) is 1. The number of amides is 1. The van der Waals surface area contributed by atoms with Gasteiger partial charge in [0.2, 0.25) is 5.91 Å². The zero-order chi connectivity index (χ0) is 18.7. The van der Waals surface area contributed by atoms with Gasteiger partial charge >= 0.3 is 0 Å². The van der Waals surface area contributed by atoms with Crippen molar-refractivity contribution in [2.75, 3.05) is 26.2 Å². The van der Waals surface area contributed by atoms with Crippen LogP contribution in [0.2, 0.25) is 0 Å². The zero-order valence-electron chi connectivity index (χ0n) is 16.5. The van der Waals surface area contributed by atoms with Gasteiger partial charge in [-0.05, 0) is 45.4 Å². The second-order valence-corrected chi connectivity index (χ2v) is 8.62. The van der Waals surface area contributed by atoms with Crippen LogP contribution >= 0.6 is 0 Å². The number of hydrogen-bond donors (Lipinski definition) is 2. The van der Waals surface area contributed by atoms with E-state index in [0.717, 1.165) is 45.4 Å². The number of ketones is 1. The summed E-state index contributed by atoms with van der Waals surface area (Å²) in [7, 11) is 0. The topological polar surface area (TPSA) is 78.7 Å². The minimum atomic E-state index is 0.0946. The maximum atomic E-state index is 11.6. The highest BCUT2D eigenvalue weighted by molar-refractivity contribution is 5.78. The molecule has 1 heterocycles. The van der Waals surface area contributed by atoms with Crippen molar-refractivity contribution >= 4 is 11.7 Å². The maximum Gasteiger partial charge on any atom is 0.219 e. The van der Waals surface area contributed by atoms with E-state index in [0.29, 0.717) is 23.9 Å². The molecule has 0 aromatic heterocycles. The van der Waals surface area contributed by atoms with Gasteiger partial charge in [-0.25, -0.2) is 0 Å². The van der Waals surface area contributed by atoms with Crippen LogP contribution in [0.5, 0.6) is 0 Å². The highest BCUT2D eigenvalue weighted by atomic mass is 16.2. The van der Waals surface area contributed by atoms with Gasteiger partial charge < -0.3 is 16.0 Å². The van der Waals surface area contributed by atoms with Crippen LogP contribution in [0.1, 0.15) is 58.8 Å². The summed E-state index contributed by atoms with van der Waals surface area (Å²) >= 11 is 0. The van der Waals surface area contributed by atoms with Gasteiger partial charge in [-0.15, -0.1) is 0 Å². The third kappa shape index (κ3) is 4.84. The van der Waals surface area contributed by atoms with Gasteiger partial charge in [0.05, 0.1) is 0 Å². The predicted octanol–water partition coefficient (Wildman–Crippen LogP) is 1.14. The fraction of sp³-hybridized carbons (Fsp3) is 0.900. The summed E-state index contributed by atoms with van der Waals surface area (Å²) < 4.78 is 0. The summed E-state index contributed by atoms with van der Waals surface area (Å²) in [5.41, 5.74) is 6.38. The van der Waals surface area contributed by atoms with Crippen LogP contribution in [0.25, 0.3) is 0 Å². The Hall–Kier alpha value is -0.980. The lowest BCUT2D eigenvalue weighted by Crippen LogP contribution is -2.57. The Kier molecular flexibility index (Phi) is 6.70. The summed E-state index contributed by atoms with van der Waals surface area (Å²) in [6.45, 7) is 7.09. The molecule has 0 radical (unpaired) electrons. The number of hydrogen-bond acceptors (Lipinski definition) is 5. The maximum absolute atomic E-state index is 11.6. The van der Waals surface area contributed by atoms with Gasteiger partial charge in [0, 0.05) is 63.2 Å². The summed E-state index contributed by atoms with van der Waals surface area (Å²) in [5, 5.41) is 3.84. The molecule has 2 saturated carbocycles. The average molecular weight is 365 g/mol. The van der Waals surface area contributed by atoms with Gasteiger partial charge in [0.15, 0.2) is 0 Å². The number of nitrogens with zero attached hydrogens (tertiary/aromatic N) is 2. The molecular formula is C20H36N4O2. The molecule has 0 aromatic carbocycles. The van der Waals surface area contributed by atoms with Crippen molar-refractivity contribution in [2.45, 2.75) is 83.0 Å². The van der Waals surface area contributed by atoms with Crippen molar-refractivity contribution < 1.29 is 9.59 Å². The molecule has 5 atom stereocenters. The van der Waals surface area contributed by atoms with Crippen LogP contribution in [0, 0.1) is 5.92 Å². The van der Waals surface area contributed by atoms with Gasteiger partial charge in [0.25, 0.3) is 0 Å². The minimum absolute atomic E-state index is 0.0946. The Morgan fingerprint density at radius 2 is 1.69 bits per heavy atom. The molecule has 6 nitrogen and oxygen atoms in total. The first kappa shape index (κ1) is 19.8. The van der Waals surface area contributed by atoms with Gasteiger partial charge in [-0.3, -0.25) is 14.5 Å². The Morgan fingerprint density at radius 1 is 0.962 bits per heavy atom. The molecule has 3 N–H and O–H groups in total. The molecule has 0 spiro atoms. The van der Waals surface area contributed by atoms with Crippen molar-refractivity contribution in [3.8, 4) is 0 Å². The molecule has 6 heteroatoms. The van der Waals surface area contributed by atoms with E-state index in [4.69, 9.17) is 5.73 Å². The van der Waals surface area contributed by atoms with Crippen molar-refractivity contribution in [2.24, 2.45) is 11.7 Å². The normalized spacial score (nSPS) is 36.7. The van der Waals surface area contributed by atoms with Crippen molar-refractivity contribution in [1.29, 1.82) is 0 Å². The summed E-state index contributed by atoms with van der Waals surface area (Å²) in [6, 6.07) is 1.60. The molecular weight excluding hydrogens is 328 g/mol. The number of carbonyl (C=O) groups is 2. The molecule has 148 valence electrons. The summed E-state index contributed by atoms with van der Waals surface area (Å²) in [5.74, 6) is 0.657. The lowest BCUT2D eigenvalue weighted by molar-refractivity contribution is -0.131. The number of piperazine rings is 1. The standard InChI is InChI=1S/C20H36N4O2/c1-14(25)16-6-7-20(19(21)12-16)22-17-4-3-5-18(13-17)24-10-8-23(9-11-24)15(2)26/h16-20,22H,3-13,21H2,1-2H3. The molecule has 1 saturated heterocycles. The summed E-state index contributed by atoms with van der Waals surface area (Å²) in [6.07, 6.45) is 7.75. The van der Waals surface area contributed by atoms with E-state index in [1.54, 1.807) is 13.8 Å². The predicted molar refractivity (Wildman–Crippen MR) is 103 cm³/mol. The third-order valence-corrected chi connectivity index (χ3v) is 6.85. The highest BCUT2D eigenvalue weighted by Gasteiger charge is 2.34. The summed E-state index contributed by atoms with van der Waals surface area (Å²) in [4.78, 5) is 27.7. The molecule has 3 aliphatic rings. The van der Waals surface area contributed by atoms with Crippen molar-refractivity contribution in [3.63, 3.8) is 0 Å². The lowest BCUT2D eigenvalue weighted by Gasteiger charge is -2.44. The molecule has 2 aliphatic carbocycles. The SMILES string of the molecule is CC(=O)C1CCC(NC2CCCC(N3CCN(C(C)=O)CC3)C2)C(N)C1. The van der Waals surface area contributed by atoms with E-state index in [1.165, 1.54) is 25.7 Å². The number of nitrogens with one attached hydrogen (secondary N) is 1. The molecule has 1 aliphatic heterocycles. The van der Waals surface area contributed by atoms with Crippen molar-refractivity contribution in [1.82, 2.24) is 15.1 Å². The second-order valence-electron chi connectivity index (χ2n) is 8.62. The molecule has 5 unspecified atom stereocenters. The number of nitrogens with two attached hydrogens (primary N) is 1. The first-order valence-electron chi connectivity index (χ1n) is 10.5. The van der Waals surface area contributed by atoms with E-state index in [9.17, 15) is 9.59 Å². The zero-order valence-corrected chi connectivity index (χ0v) is 16.5. The van der Waals surface area contributed by atoms with Gasteiger partial charge in [0.1, 0.15) is 5.78 Å². The lowest BCUT2D eigenvalue weighted by atomic mass is 9.80. The molecule has 3 fully saturated rings. The first-order chi connectivity index (χ1) is 12.4. The monoisotopic (exact) mass is 364 g/mol. The van der Waals surface area contributed by atoms with E-state index in [-0.39, 0.29) is 17.9 Å². The molecule has 0 bridgehead atoms. The fourth-order valence-corrected chi connectivity index (χ4v) is 5.13. The quantitative estimate of drug-likeness (QED) is 0.782. The molecule has 1 amide bonds. The van der Waals surface area contributed by atoms with Crippen LogP contribution in [-0.2, 0) is 9.59 Å². The largest absolute Gasteiger partial charge is 0.340 e. The van der Waals surface area contributed by atoms with Crippen LogP contribution in [-0.4, -0.2) is 71.8 Å². The van der Waals surface area contributed by atoms with E-state index < -0.39 is 0 Å². The second kappa shape index (κ2) is 8.81. The Morgan fingerprint density at radius 3 is 2.31 bits per heavy atom. The number of rotatable bonds is 4. The van der Waals surface area contributed by atoms with Crippen LogP contribution < -0.4 is 11.1 Å². The average Bonchev–Trinajstić information content (AvgIpc) is 2.63. The van der Waals surface area contributed by atoms with Crippen LogP contribution in [0.4, 0.5) is 0 Å². The Balaban J connectivity index is 1.47. The van der Waals surface area contributed by atoms with E-state index in [2.05, 4.69) is 10.2 Å². The van der Waals surface area contributed by atoms with Crippen molar-refractivity contribution in [3.05, 3.63) is 0 Å². The first-order valence-corrected chi connectivity index (χ1v) is 10.5. The van der Waals surface area contributed by atoms with E-state index in [1.807, 2.05) is 4.90 Å². The Bertz CT molecular complexity index is 504. The van der Waals surface area contributed by atoms with Crippen LogP contribution in [0.3, 0.4) is 0 Å². The smallest absolute Gasteiger partial charge is 0.219 e. The van der Waals surface area contributed by atoms with E-state index >= 15 is 0 Å². The molecule has 26 heavy (non-hydrogen) atoms. The van der Waals surface area contributed by atoms with Gasteiger partial charge in [-0.2, -0.15) is 0 Å². The highest BCUT2D eigenvalue weighted by Crippen LogP contribution is 2.28. The minimum Gasteiger partial charge on any atom is -0.340 e. The fourth-order valence-electron chi connectivity index (χ4n) is 5.13.